The van der Waals surface area contributed by atoms with Crippen molar-refractivity contribution in [2.24, 2.45) is 0 Å². The highest BCUT2D eigenvalue weighted by Crippen LogP contribution is 2.07. The van der Waals surface area contributed by atoms with Crippen LogP contribution in [0.2, 0.25) is 0 Å². The predicted molar refractivity (Wildman–Crippen MR) is 50.3 cm³/mol. The third-order valence-corrected chi connectivity index (χ3v) is 1.82. The fourth-order valence-electron chi connectivity index (χ4n) is 0.956. The Kier molecular flexibility index (Phi) is 3.01. The van der Waals surface area contributed by atoms with Crippen molar-refractivity contribution in [3.8, 4) is 0 Å². The smallest absolute Gasteiger partial charge is 0.362 e. The van der Waals surface area contributed by atoms with Gasteiger partial charge in [0.2, 0.25) is 11.1 Å². The van der Waals surface area contributed by atoms with E-state index >= 15 is 0 Å². The zero-order valence-electron chi connectivity index (χ0n) is 8.33. The van der Waals surface area contributed by atoms with Crippen molar-refractivity contribution in [2.75, 3.05) is 7.11 Å². The van der Waals surface area contributed by atoms with Gasteiger partial charge in [0.25, 0.3) is 0 Å². The van der Waals surface area contributed by atoms with E-state index in [0.29, 0.717) is 5.69 Å². The van der Waals surface area contributed by atoms with Gasteiger partial charge in [-0.1, -0.05) is 13.8 Å². The molecular formula is C9H12N2O3. The first kappa shape index (κ1) is 10.4. The molecule has 14 heavy (non-hydrogen) atoms. The molecule has 0 aliphatic rings. The van der Waals surface area contributed by atoms with Crippen LogP contribution in [-0.4, -0.2) is 23.3 Å². The van der Waals surface area contributed by atoms with Crippen LogP contribution in [-0.2, 0) is 4.74 Å². The maximum atomic E-state index is 11.4. The van der Waals surface area contributed by atoms with Gasteiger partial charge < -0.3 is 4.74 Å². The maximum absolute atomic E-state index is 11.4. The number of H-pyrrole nitrogens is 1. The number of nitrogens with zero attached hydrogens (tertiary/aromatic N) is 1. The van der Waals surface area contributed by atoms with E-state index in [1.54, 1.807) is 0 Å². The first-order chi connectivity index (χ1) is 6.56. The minimum absolute atomic E-state index is 0.168. The lowest BCUT2D eigenvalue weighted by Crippen LogP contribution is -2.20. The lowest BCUT2D eigenvalue weighted by atomic mass is 10.1. The summed E-state index contributed by atoms with van der Waals surface area (Å²) in [6, 6.07) is 1.36. The molecule has 0 fully saturated rings. The highest BCUT2D eigenvalue weighted by molar-refractivity contribution is 5.86. The van der Waals surface area contributed by atoms with Crippen LogP contribution < -0.4 is 5.43 Å². The predicted octanol–water partition coefficient (Wildman–Crippen LogP) is 0.680. The van der Waals surface area contributed by atoms with Crippen LogP contribution in [0, 0.1) is 0 Å². The molecule has 5 heteroatoms. The van der Waals surface area contributed by atoms with Gasteiger partial charge in [0.15, 0.2) is 0 Å². The van der Waals surface area contributed by atoms with Crippen LogP contribution in [0.25, 0.3) is 0 Å². The third kappa shape index (κ3) is 1.99. The molecule has 0 atom stereocenters. The van der Waals surface area contributed by atoms with Gasteiger partial charge in [-0.25, -0.2) is 4.79 Å². The topological polar surface area (TPSA) is 72.0 Å². The van der Waals surface area contributed by atoms with Gasteiger partial charge in [0, 0.05) is 11.8 Å². The average Bonchev–Trinajstić information content (AvgIpc) is 2.16. The van der Waals surface area contributed by atoms with Gasteiger partial charge in [-0.3, -0.25) is 9.89 Å². The number of nitrogens with one attached hydrogen (secondary N) is 1. The summed E-state index contributed by atoms with van der Waals surface area (Å²) in [6.45, 7) is 3.84. The van der Waals surface area contributed by atoms with Gasteiger partial charge >= 0.3 is 5.97 Å². The largest absolute Gasteiger partial charge is 0.464 e. The summed E-state index contributed by atoms with van der Waals surface area (Å²) in [5, 5.41) is 6.30. The molecule has 0 aromatic carbocycles. The highest BCUT2D eigenvalue weighted by Gasteiger charge is 2.13. The second kappa shape index (κ2) is 4.04. The minimum Gasteiger partial charge on any atom is -0.464 e. The van der Waals surface area contributed by atoms with Crippen LogP contribution in [0.1, 0.15) is 35.9 Å². The molecular weight excluding hydrogens is 184 g/mol. The summed E-state index contributed by atoms with van der Waals surface area (Å²) < 4.78 is 4.40. The number of carbonyl (C=O) groups excluding carboxylic acids is 1. The zero-order chi connectivity index (χ0) is 10.7. The Morgan fingerprint density at radius 3 is 2.64 bits per heavy atom. The number of carbonyl (C=O) groups is 1. The van der Waals surface area contributed by atoms with Crippen LogP contribution >= 0.6 is 0 Å². The average molecular weight is 196 g/mol. The van der Waals surface area contributed by atoms with E-state index < -0.39 is 11.4 Å². The quantitative estimate of drug-likeness (QED) is 0.706. The van der Waals surface area contributed by atoms with Crippen molar-refractivity contribution in [1.82, 2.24) is 10.2 Å². The Balaban J connectivity index is 3.14. The van der Waals surface area contributed by atoms with Crippen LogP contribution in [0.4, 0.5) is 0 Å². The van der Waals surface area contributed by atoms with E-state index in [1.807, 2.05) is 13.8 Å². The lowest BCUT2D eigenvalue weighted by Gasteiger charge is -2.04. The van der Waals surface area contributed by atoms with E-state index in [0.717, 1.165) is 0 Å². The van der Waals surface area contributed by atoms with Gasteiger partial charge in [0.05, 0.1) is 7.11 Å². The molecule has 0 saturated heterocycles. The number of hydrogen-bond acceptors (Lipinski definition) is 4. The molecule has 0 unspecified atom stereocenters. The number of esters is 1. The monoisotopic (exact) mass is 196 g/mol. The Morgan fingerprint density at radius 2 is 2.21 bits per heavy atom. The lowest BCUT2D eigenvalue weighted by molar-refractivity contribution is 0.0591. The molecule has 0 aliphatic heterocycles. The van der Waals surface area contributed by atoms with E-state index in [9.17, 15) is 9.59 Å². The number of aromatic nitrogens is 2. The second-order valence-corrected chi connectivity index (χ2v) is 3.18. The van der Waals surface area contributed by atoms with E-state index in [-0.39, 0.29) is 11.6 Å². The molecule has 1 heterocycles. The zero-order valence-corrected chi connectivity index (χ0v) is 8.33. The summed E-state index contributed by atoms with van der Waals surface area (Å²) >= 11 is 0. The molecule has 5 nitrogen and oxygen atoms in total. The molecule has 1 N–H and O–H groups in total. The van der Waals surface area contributed by atoms with Crippen LogP contribution in [0.5, 0.6) is 0 Å². The van der Waals surface area contributed by atoms with Crippen molar-refractivity contribution < 1.29 is 9.53 Å². The Labute approximate surface area is 81.1 Å². The number of aromatic amines is 1. The van der Waals surface area contributed by atoms with Gasteiger partial charge in [0.1, 0.15) is 0 Å². The van der Waals surface area contributed by atoms with E-state index in [2.05, 4.69) is 14.9 Å². The standard InChI is InChI=1S/C9H12N2O3/c1-5(2)6-4-7(12)8(11-10-6)9(13)14-3/h4-5H,1-3H3,(H,10,12). The molecule has 1 aromatic heterocycles. The molecule has 1 aromatic rings. The summed E-state index contributed by atoms with van der Waals surface area (Å²) in [7, 11) is 1.21. The second-order valence-electron chi connectivity index (χ2n) is 3.18. The molecule has 1 rings (SSSR count). The van der Waals surface area contributed by atoms with Gasteiger partial charge in [-0.05, 0) is 5.92 Å². The fourth-order valence-corrected chi connectivity index (χ4v) is 0.956. The Bertz CT molecular complexity index is 395. The van der Waals surface area contributed by atoms with Crippen molar-refractivity contribution >= 4 is 5.97 Å². The summed E-state index contributed by atoms with van der Waals surface area (Å²) in [5.41, 5.74) is 0.0684. The number of ether oxygens (including phenoxy) is 1. The summed E-state index contributed by atoms with van der Waals surface area (Å²) in [6.07, 6.45) is 0. The van der Waals surface area contributed by atoms with E-state index in [1.165, 1.54) is 13.2 Å². The van der Waals surface area contributed by atoms with E-state index in [4.69, 9.17) is 0 Å². The number of hydrogen-bond donors (Lipinski definition) is 1. The van der Waals surface area contributed by atoms with Crippen molar-refractivity contribution in [2.45, 2.75) is 19.8 Å². The molecule has 0 radical (unpaired) electrons. The molecule has 0 amide bonds. The summed E-state index contributed by atoms with van der Waals surface area (Å²) in [5.74, 6) is -0.552. The Hall–Kier alpha value is -1.65. The number of rotatable bonds is 2. The van der Waals surface area contributed by atoms with Crippen molar-refractivity contribution in [1.29, 1.82) is 0 Å². The maximum Gasteiger partial charge on any atom is 0.362 e. The van der Waals surface area contributed by atoms with Crippen LogP contribution in [0.3, 0.4) is 0 Å². The number of methoxy groups -OCH3 is 1. The van der Waals surface area contributed by atoms with Crippen LogP contribution in [0.15, 0.2) is 10.9 Å². The summed E-state index contributed by atoms with van der Waals surface area (Å²) in [4.78, 5) is 22.4. The van der Waals surface area contributed by atoms with Gasteiger partial charge in [-0.15, -0.1) is 0 Å². The molecule has 0 aliphatic carbocycles. The molecule has 76 valence electrons. The minimum atomic E-state index is -0.721. The molecule has 0 saturated carbocycles. The first-order valence-electron chi connectivity index (χ1n) is 4.24. The fraction of sp³-hybridized carbons (Fsp3) is 0.444. The normalized spacial score (nSPS) is 10.3. The third-order valence-electron chi connectivity index (χ3n) is 1.82. The first-order valence-corrected chi connectivity index (χ1v) is 4.24. The van der Waals surface area contributed by atoms with Crippen molar-refractivity contribution in [3.05, 3.63) is 27.7 Å². The van der Waals surface area contributed by atoms with Crippen molar-refractivity contribution in [3.63, 3.8) is 0 Å². The highest BCUT2D eigenvalue weighted by atomic mass is 16.5. The SMILES string of the molecule is COC(=O)c1n[nH]c(C(C)C)cc1=O. The van der Waals surface area contributed by atoms with Gasteiger partial charge in [-0.2, -0.15) is 5.10 Å². The Morgan fingerprint density at radius 1 is 1.57 bits per heavy atom. The molecule has 0 bridgehead atoms. The molecule has 0 spiro atoms.